The molecular weight excluding hydrogens is 288 g/mol. The van der Waals surface area contributed by atoms with Gasteiger partial charge in [-0.2, -0.15) is 0 Å². The Balaban J connectivity index is 1.74. The van der Waals surface area contributed by atoms with Crippen LogP contribution in [-0.4, -0.2) is 40.6 Å². The molecule has 2 fully saturated rings. The van der Waals surface area contributed by atoms with Gasteiger partial charge in [0.05, 0.1) is 6.61 Å². The fourth-order valence-electron chi connectivity index (χ4n) is 2.74. The molecule has 6 nitrogen and oxygen atoms in total. The van der Waals surface area contributed by atoms with Crippen LogP contribution in [-0.2, 0) is 25.6 Å². The lowest BCUT2D eigenvalue weighted by Gasteiger charge is -2.25. The van der Waals surface area contributed by atoms with Crippen molar-refractivity contribution in [3.63, 3.8) is 0 Å². The molecule has 2 heterocycles. The van der Waals surface area contributed by atoms with Gasteiger partial charge in [0.15, 0.2) is 17.8 Å². The van der Waals surface area contributed by atoms with Gasteiger partial charge in [0.1, 0.15) is 24.6 Å². The van der Waals surface area contributed by atoms with Gasteiger partial charge in [-0.15, -0.1) is 0 Å². The molecule has 1 aromatic carbocycles. The Hall–Kier alpha value is -1.60. The molecule has 2 aliphatic heterocycles. The molecule has 0 aliphatic carbocycles. The molecule has 0 amide bonds. The molecule has 3 rings (SSSR count). The fourth-order valence-corrected chi connectivity index (χ4v) is 2.74. The molecule has 2 saturated heterocycles. The van der Waals surface area contributed by atoms with Crippen LogP contribution < -0.4 is 0 Å². The fraction of sp³-hybridized carbons (Fsp3) is 0.500. The molecule has 22 heavy (non-hydrogen) atoms. The first-order valence-corrected chi connectivity index (χ1v) is 7.20. The summed E-state index contributed by atoms with van der Waals surface area (Å²) in [5.41, 5.74) is 0.996. The summed E-state index contributed by atoms with van der Waals surface area (Å²) in [5.74, 6) is -1.08. The van der Waals surface area contributed by atoms with Gasteiger partial charge in [0, 0.05) is 0 Å². The average molecular weight is 308 g/mol. The highest BCUT2D eigenvalue weighted by Gasteiger charge is 2.56. The average Bonchev–Trinajstić information content (AvgIpc) is 2.97. The minimum atomic E-state index is -0.820. The van der Waals surface area contributed by atoms with Gasteiger partial charge >= 0.3 is 0 Å². The van der Waals surface area contributed by atoms with Crippen molar-refractivity contribution >= 4 is 0 Å². The maximum atomic E-state index is 9.81. The number of rotatable bonds is 4. The van der Waals surface area contributed by atoms with E-state index in [-0.39, 0.29) is 5.76 Å². The molecule has 6 heteroatoms. The van der Waals surface area contributed by atoms with Crippen LogP contribution in [0.4, 0.5) is 0 Å². The summed E-state index contributed by atoms with van der Waals surface area (Å²) in [6, 6.07) is 9.67. The Morgan fingerprint density at radius 3 is 2.68 bits per heavy atom. The van der Waals surface area contributed by atoms with Crippen molar-refractivity contribution in [3.05, 3.63) is 47.9 Å². The zero-order chi connectivity index (χ0) is 15.7. The van der Waals surface area contributed by atoms with Crippen molar-refractivity contribution in [2.45, 2.75) is 50.8 Å². The maximum Gasteiger partial charge on any atom is 0.190 e. The van der Waals surface area contributed by atoms with Crippen LogP contribution in [0.1, 0.15) is 19.4 Å². The lowest BCUT2D eigenvalue weighted by atomic mass is 10.1. The standard InChI is InChI=1S/C16H20O6/c1-16(2)21-14-13(19-9-10-6-4-3-5-7-10)12(11(18)8-17)20-15(14)22-16/h3-8,12-15,17-18H,9H2,1-2H3/b11-8-/t12-,13-,14-,15-/m1/s1. The van der Waals surface area contributed by atoms with E-state index in [0.29, 0.717) is 12.9 Å². The Kier molecular flexibility index (Phi) is 4.10. The van der Waals surface area contributed by atoms with E-state index in [0.717, 1.165) is 5.56 Å². The van der Waals surface area contributed by atoms with Crippen molar-refractivity contribution in [1.29, 1.82) is 0 Å². The van der Waals surface area contributed by atoms with Gasteiger partial charge in [-0.25, -0.2) is 0 Å². The highest BCUT2D eigenvalue weighted by molar-refractivity contribution is 5.14. The van der Waals surface area contributed by atoms with Gasteiger partial charge in [-0.05, 0) is 19.4 Å². The van der Waals surface area contributed by atoms with Crippen LogP contribution in [0.3, 0.4) is 0 Å². The highest BCUT2D eigenvalue weighted by Crippen LogP contribution is 2.40. The monoisotopic (exact) mass is 308 g/mol. The predicted molar refractivity (Wildman–Crippen MR) is 77.1 cm³/mol. The van der Waals surface area contributed by atoms with E-state index in [9.17, 15) is 5.11 Å². The van der Waals surface area contributed by atoms with Crippen LogP contribution in [0.5, 0.6) is 0 Å². The molecule has 0 unspecified atom stereocenters. The minimum absolute atomic E-state index is 0.308. The van der Waals surface area contributed by atoms with Gasteiger partial charge in [0.25, 0.3) is 0 Å². The molecule has 0 saturated carbocycles. The second-order valence-corrected chi connectivity index (χ2v) is 5.84. The Labute approximate surface area is 128 Å². The Morgan fingerprint density at radius 2 is 2.00 bits per heavy atom. The largest absolute Gasteiger partial charge is 0.512 e. The van der Waals surface area contributed by atoms with Gasteiger partial charge in [-0.1, -0.05) is 30.3 Å². The van der Waals surface area contributed by atoms with Gasteiger partial charge in [-0.3, -0.25) is 0 Å². The van der Waals surface area contributed by atoms with Crippen LogP contribution in [0.2, 0.25) is 0 Å². The molecule has 0 spiro atoms. The van der Waals surface area contributed by atoms with Gasteiger partial charge in [0.2, 0.25) is 0 Å². The Morgan fingerprint density at radius 1 is 1.27 bits per heavy atom. The number of aliphatic hydroxyl groups excluding tert-OH is 2. The van der Waals surface area contributed by atoms with Crippen molar-refractivity contribution in [2.24, 2.45) is 0 Å². The topological polar surface area (TPSA) is 77.4 Å². The summed E-state index contributed by atoms with van der Waals surface area (Å²) in [5, 5.41) is 18.8. The summed E-state index contributed by atoms with van der Waals surface area (Å²) in [7, 11) is 0. The van der Waals surface area contributed by atoms with E-state index >= 15 is 0 Å². The number of hydrogen-bond acceptors (Lipinski definition) is 6. The molecular formula is C16H20O6. The molecule has 120 valence electrons. The van der Waals surface area contributed by atoms with Gasteiger partial charge < -0.3 is 29.2 Å². The van der Waals surface area contributed by atoms with Crippen LogP contribution in [0, 0.1) is 0 Å². The zero-order valence-corrected chi connectivity index (χ0v) is 12.5. The first kappa shape index (κ1) is 15.3. The second kappa shape index (κ2) is 5.89. The van der Waals surface area contributed by atoms with Crippen LogP contribution in [0.25, 0.3) is 0 Å². The van der Waals surface area contributed by atoms with Crippen molar-refractivity contribution in [3.8, 4) is 0 Å². The zero-order valence-electron chi connectivity index (χ0n) is 12.5. The SMILES string of the molecule is CC1(C)O[C@H]2O[C@H](/C(O)=C/O)[C@@H](OCc3ccccc3)[C@H]2O1. The van der Waals surface area contributed by atoms with E-state index < -0.39 is 30.4 Å². The minimum Gasteiger partial charge on any atom is -0.512 e. The third-order valence-corrected chi connectivity index (χ3v) is 3.70. The summed E-state index contributed by atoms with van der Waals surface area (Å²) >= 11 is 0. The van der Waals surface area contributed by atoms with Crippen molar-refractivity contribution in [2.75, 3.05) is 0 Å². The smallest absolute Gasteiger partial charge is 0.190 e. The normalized spacial score (nSPS) is 33.8. The molecule has 0 aromatic heterocycles. The van der Waals surface area contributed by atoms with E-state index in [1.807, 2.05) is 30.3 Å². The summed E-state index contributed by atoms with van der Waals surface area (Å²) in [4.78, 5) is 0. The summed E-state index contributed by atoms with van der Waals surface area (Å²) < 4.78 is 23.0. The third kappa shape index (κ3) is 2.96. The first-order valence-electron chi connectivity index (χ1n) is 7.20. The lowest BCUT2D eigenvalue weighted by Crippen LogP contribution is -2.37. The van der Waals surface area contributed by atoms with E-state index in [2.05, 4.69) is 0 Å². The molecule has 2 aliphatic rings. The van der Waals surface area contributed by atoms with Crippen molar-refractivity contribution in [1.82, 2.24) is 0 Å². The molecule has 2 N–H and O–H groups in total. The third-order valence-electron chi connectivity index (χ3n) is 3.70. The van der Waals surface area contributed by atoms with Crippen molar-refractivity contribution < 1.29 is 29.2 Å². The van der Waals surface area contributed by atoms with E-state index in [4.69, 9.17) is 24.1 Å². The lowest BCUT2D eigenvalue weighted by molar-refractivity contribution is -0.217. The quantitative estimate of drug-likeness (QED) is 0.832. The number of ether oxygens (including phenoxy) is 4. The highest BCUT2D eigenvalue weighted by atomic mass is 16.8. The number of fused-ring (bicyclic) bond motifs is 1. The summed E-state index contributed by atoms with van der Waals surface area (Å²) in [6.07, 6.45) is -1.89. The van der Waals surface area contributed by atoms with E-state index in [1.54, 1.807) is 13.8 Å². The number of benzene rings is 1. The maximum absolute atomic E-state index is 9.81. The van der Waals surface area contributed by atoms with E-state index in [1.165, 1.54) is 0 Å². The second-order valence-electron chi connectivity index (χ2n) is 5.84. The van der Waals surface area contributed by atoms with Crippen LogP contribution >= 0.6 is 0 Å². The molecule has 0 bridgehead atoms. The molecule has 0 radical (unpaired) electrons. The Bertz CT molecular complexity index is 541. The number of aliphatic hydroxyl groups is 2. The predicted octanol–water partition coefficient (Wildman–Crippen LogP) is 2.41. The molecule has 4 atom stereocenters. The summed E-state index contributed by atoms with van der Waals surface area (Å²) in [6.45, 7) is 3.93. The molecule has 1 aromatic rings. The van der Waals surface area contributed by atoms with Crippen LogP contribution in [0.15, 0.2) is 42.4 Å². The number of hydrogen-bond donors (Lipinski definition) is 2. The first-order chi connectivity index (χ1) is 10.5.